The molecule has 1 aromatic carbocycles. The van der Waals surface area contributed by atoms with E-state index in [0.29, 0.717) is 64.9 Å². The van der Waals surface area contributed by atoms with Crippen LogP contribution in [0, 0.1) is 6.92 Å². The van der Waals surface area contributed by atoms with Gasteiger partial charge in [-0.3, -0.25) is 14.8 Å². The van der Waals surface area contributed by atoms with Crippen LogP contribution in [0.3, 0.4) is 0 Å². The van der Waals surface area contributed by atoms with Crippen molar-refractivity contribution < 1.29 is 24.1 Å². The molecule has 0 saturated heterocycles. The topological polar surface area (TPSA) is 116 Å². The van der Waals surface area contributed by atoms with Crippen LogP contribution in [0.1, 0.15) is 28.0 Å². The summed E-state index contributed by atoms with van der Waals surface area (Å²) >= 11 is 0. The number of anilines is 1. The van der Waals surface area contributed by atoms with E-state index in [-0.39, 0.29) is 11.3 Å². The van der Waals surface area contributed by atoms with Gasteiger partial charge in [0.15, 0.2) is 5.75 Å². The van der Waals surface area contributed by atoms with Crippen LogP contribution in [0.2, 0.25) is 0 Å². The van der Waals surface area contributed by atoms with Crippen molar-refractivity contribution in [2.75, 3.05) is 25.6 Å². The number of fused-ring (bicyclic) bond motifs is 1. The maximum Gasteiger partial charge on any atom is 0.261 e. The molecule has 4 aromatic rings. The number of aromatic nitrogens is 3. The molecular weight excluding hydrogens is 460 g/mol. The van der Waals surface area contributed by atoms with E-state index in [4.69, 9.17) is 14.2 Å². The third kappa shape index (κ3) is 4.69. The Morgan fingerprint density at radius 1 is 1.08 bits per heavy atom. The van der Waals surface area contributed by atoms with Gasteiger partial charge in [0, 0.05) is 41.5 Å². The summed E-state index contributed by atoms with van der Waals surface area (Å²) in [6, 6.07) is 10.4. The summed E-state index contributed by atoms with van der Waals surface area (Å²) in [5.41, 5.74) is 4.08. The van der Waals surface area contributed by atoms with Crippen molar-refractivity contribution in [3.63, 3.8) is 0 Å². The molecule has 0 radical (unpaired) electrons. The van der Waals surface area contributed by atoms with E-state index >= 15 is 0 Å². The molecule has 0 spiro atoms. The number of hydrogen-bond acceptors (Lipinski definition) is 8. The SMILES string of the molecule is COc1cnc2c(Oc3ccc(NC(=O)c4cnc(C)c(C5=CCOCC5)c4O)cc3)ccnc2c1. The van der Waals surface area contributed by atoms with E-state index in [1.807, 2.05) is 13.0 Å². The van der Waals surface area contributed by atoms with Crippen LogP contribution in [0.4, 0.5) is 5.69 Å². The van der Waals surface area contributed by atoms with Crippen molar-refractivity contribution >= 4 is 28.2 Å². The summed E-state index contributed by atoms with van der Waals surface area (Å²) in [5.74, 6) is 1.18. The summed E-state index contributed by atoms with van der Waals surface area (Å²) in [6.07, 6.45) is 7.19. The number of pyridine rings is 3. The van der Waals surface area contributed by atoms with Gasteiger partial charge in [-0.2, -0.15) is 0 Å². The summed E-state index contributed by atoms with van der Waals surface area (Å²) < 4.78 is 16.6. The van der Waals surface area contributed by atoms with Gasteiger partial charge in [0.1, 0.15) is 28.3 Å². The lowest BCUT2D eigenvalue weighted by atomic mass is 9.97. The number of carbonyl (C=O) groups is 1. The number of amides is 1. The molecule has 4 heterocycles. The van der Waals surface area contributed by atoms with Gasteiger partial charge in [0.25, 0.3) is 5.91 Å². The molecule has 0 fully saturated rings. The first kappa shape index (κ1) is 23.3. The zero-order valence-corrected chi connectivity index (χ0v) is 19.8. The van der Waals surface area contributed by atoms with Gasteiger partial charge in [-0.1, -0.05) is 6.08 Å². The number of aromatic hydroxyl groups is 1. The molecule has 1 aliphatic heterocycles. The standard InChI is InChI=1S/C27H24N4O5/c1-16-24(17-8-11-35-12-9-17)26(32)21(15-29-16)27(33)31-18-3-5-19(6-4-18)36-23-7-10-28-22-13-20(34-2)14-30-25(22)23/h3-8,10,13-15H,9,11-12H2,1-2H3,(H,29,32)(H,31,33). The van der Waals surface area contributed by atoms with Crippen molar-refractivity contribution in [3.8, 4) is 23.0 Å². The highest BCUT2D eigenvalue weighted by atomic mass is 16.5. The summed E-state index contributed by atoms with van der Waals surface area (Å²) in [7, 11) is 1.57. The number of hydrogen-bond donors (Lipinski definition) is 2. The minimum atomic E-state index is -0.458. The highest BCUT2D eigenvalue weighted by molar-refractivity contribution is 6.07. The molecule has 182 valence electrons. The highest BCUT2D eigenvalue weighted by Crippen LogP contribution is 2.34. The highest BCUT2D eigenvalue weighted by Gasteiger charge is 2.21. The van der Waals surface area contributed by atoms with Gasteiger partial charge in [-0.15, -0.1) is 0 Å². The molecule has 1 amide bonds. The Labute approximate surface area is 207 Å². The maximum absolute atomic E-state index is 12.9. The second-order valence-corrected chi connectivity index (χ2v) is 8.17. The molecule has 36 heavy (non-hydrogen) atoms. The molecule has 0 bridgehead atoms. The molecule has 9 nitrogen and oxygen atoms in total. The molecule has 0 unspecified atom stereocenters. The van der Waals surface area contributed by atoms with E-state index in [1.54, 1.807) is 55.9 Å². The lowest BCUT2D eigenvalue weighted by molar-refractivity contribution is 0.102. The fourth-order valence-corrected chi connectivity index (χ4v) is 4.01. The second-order valence-electron chi connectivity index (χ2n) is 8.17. The average molecular weight is 485 g/mol. The fourth-order valence-electron chi connectivity index (χ4n) is 4.01. The van der Waals surface area contributed by atoms with Crippen molar-refractivity contribution in [3.05, 3.63) is 77.9 Å². The van der Waals surface area contributed by atoms with Gasteiger partial charge in [-0.25, -0.2) is 4.98 Å². The zero-order chi connectivity index (χ0) is 25.1. The van der Waals surface area contributed by atoms with Crippen LogP contribution in [-0.2, 0) is 4.74 Å². The van der Waals surface area contributed by atoms with E-state index in [0.717, 1.165) is 5.57 Å². The van der Waals surface area contributed by atoms with Crippen LogP contribution in [0.15, 0.2) is 61.1 Å². The predicted molar refractivity (Wildman–Crippen MR) is 135 cm³/mol. The summed E-state index contributed by atoms with van der Waals surface area (Å²) in [6.45, 7) is 2.84. The Morgan fingerprint density at radius 2 is 1.92 bits per heavy atom. The van der Waals surface area contributed by atoms with Crippen LogP contribution in [0.5, 0.6) is 23.0 Å². The number of ether oxygens (including phenoxy) is 3. The van der Waals surface area contributed by atoms with Crippen molar-refractivity contribution in [1.82, 2.24) is 15.0 Å². The van der Waals surface area contributed by atoms with Gasteiger partial charge in [0.2, 0.25) is 0 Å². The molecule has 2 N–H and O–H groups in total. The minimum Gasteiger partial charge on any atom is -0.506 e. The minimum absolute atomic E-state index is 0.0817. The third-order valence-corrected chi connectivity index (χ3v) is 5.86. The number of benzene rings is 1. The summed E-state index contributed by atoms with van der Waals surface area (Å²) in [4.78, 5) is 26.0. The van der Waals surface area contributed by atoms with Crippen molar-refractivity contribution in [1.29, 1.82) is 0 Å². The molecular formula is C27H24N4O5. The summed E-state index contributed by atoms with van der Waals surface area (Å²) in [5, 5.41) is 13.7. The Bertz CT molecular complexity index is 1470. The van der Waals surface area contributed by atoms with Gasteiger partial charge in [0.05, 0.1) is 32.0 Å². The van der Waals surface area contributed by atoms with Crippen LogP contribution in [-0.4, -0.2) is 46.3 Å². The smallest absolute Gasteiger partial charge is 0.261 e. The Morgan fingerprint density at radius 3 is 2.67 bits per heavy atom. The zero-order valence-electron chi connectivity index (χ0n) is 19.8. The first-order chi connectivity index (χ1) is 17.5. The monoisotopic (exact) mass is 484 g/mol. The van der Waals surface area contributed by atoms with Crippen LogP contribution in [0.25, 0.3) is 16.6 Å². The van der Waals surface area contributed by atoms with Crippen molar-refractivity contribution in [2.24, 2.45) is 0 Å². The third-order valence-electron chi connectivity index (χ3n) is 5.86. The second kappa shape index (κ2) is 10.0. The molecule has 9 heteroatoms. The molecule has 5 rings (SSSR count). The molecule has 1 aliphatic rings. The Hall–Kier alpha value is -4.50. The quantitative estimate of drug-likeness (QED) is 0.397. The first-order valence-electron chi connectivity index (χ1n) is 11.4. The van der Waals surface area contributed by atoms with E-state index in [9.17, 15) is 9.90 Å². The van der Waals surface area contributed by atoms with Gasteiger partial charge >= 0.3 is 0 Å². The maximum atomic E-state index is 12.9. The lowest BCUT2D eigenvalue weighted by Gasteiger charge is -2.18. The Kier molecular flexibility index (Phi) is 6.46. The van der Waals surface area contributed by atoms with Crippen molar-refractivity contribution in [2.45, 2.75) is 13.3 Å². The number of rotatable bonds is 6. The molecule has 3 aromatic heterocycles. The molecule has 0 saturated carbocycles. The normalized spacial score (nSPS) is 13.2. The van der Waals surface area contributed by atoms with Crippen LogP contribution < -0.4 is 14.8 Å². The number of carbonyl (C=O) groups excluding carboxylic acids is 1. The number of nitrogens with zero attached hydrogens (tertiary/aromatic N) is 3. The number of methoxy groups -OCH3 is 1. The van der Waals surface area contributed by atoms with E-state index in [2.05, 4.69) is 20.3 Å². The lowest BCUT2D eigenvalue weighted by Crippen LogP contribution is -2.14. The number of nitrogens with one attached hydrogen (secondary N) is 1. The number of aryl methyl sites for hydroxylation is 1. The van der Waals surface area contributed by atoms with E-state index < -0.39 is 5.91 Å². The van der Waals surface area contributed by atoms with Gasteiger partial charge in [-0.05, 0) is 43.2 Å². The van der Waals surface area contributed by atoms with E-state index in [1.165, 1.54) is 6.20 Å². The van der Waals surface area contributed by atoms with Crippen LogP contribution >= 0.6 is 0 Å². The Balaban J connectivity index is 1.33. The average Bonchev–Trinajstić information content (AvgIpc) is 2.90. The van der Waals surface area contributed by atoms with Gasteiger partial charge < -0.3 is 24.6 Å². The molecule has 0 atom stereocenters. The largest absolute Gasteiger partial charge is 0.506 e. The predicted octanol–water partition coefficient (Wildman–Crippen LogP) is 4.90. The first-order valence-corrected chi connectivity index (χ1v) is 11.4. The fraction of sp³-hybridized carbons (Fsp3) is 0.185. The molecule has 0 aliphatic carbocycles.